The van der Waals surface area contributed by atoms with Crippen molar-refractivity contribution in [2.75, 3.05) is 6.61 Å². The molecule has 0 amide bonds. The standard InChI is InChI=1S/C12H10F3NO3/c1-2-18-12(17)10-11(19-5-16-10)6-3-8(14)9(15)4-7(6)13/h3-5,10-11H,2H2,1H3. The molecule has 0 N–H and O–H groups in total. The first-order valence-corrected chi connectivity index (χ1v) is 5.52. The van der Waals surface area contributed by atoms with Crippen molar-refractivity contribution in [1.29, 1.82) is 0 Å². The van der Waals surface area contributed by atoms with Gasteiger partial charge in [-0.05, 0) is 13.0 Å². The Morgan fingerprint density at radius 2 is 2.00 bits per heavy atom. The third kappa shape index (κ3) is 2.54. The van der Waals surface area contributed by atoms with Crippen LogP contribution in [0.25, 0.3) is 0 Å². The number of halogens is 3. The van der Waals surface area contributed by atoms with Gasteiger partial charge in [0, 0.05) is 11.6 Å². The minimum Gasteiger partial charge on any atom is -0.473 e. The van der Waals surface area contributed by atoms with Crippen LogP contribution in [0.4, 0.5) is 13.2 Å². The molecule has 2 atom stereocenters. The summed E-state index contributed by atoms with van der Waals surface area (Å²) in [4.78, 5) is 15.3. The van der Waals surface area contributed by atoms with Crippen molar-refractivity contribution in [3.05, 3.63) is 35.1 Å². The van der Waals surface area contributed by atoms with E-state index in [1.54, 1.807) is 6.92 Å². The first kappa shape index (κ1) is 13.4. The highest BCUT2D eigenvalue weighted by atomic mass is 19.2. The van der Waals surface area contributed by atoms with Crippen LogP contribution in [0, 0.1) is 17.5 Å². The van der Waals surface area contributed by atoms with Gasteiger partial charge in [-0.2, -0.15) is 0 Å². The minimum absolute atomic E-state index is 0.123. The zero-order chi connectivity index (χ0) is 14.0. The number of aliphatic imine (C=N–C) groups is 1. The second kappa shape index (κ2) is 5.29. The lowest BCUT2D eigenvalue weighted by Gasteiger charge is -2.17. The van der Waals surface area contributed by atoms with E-state index in [1.165, 1.54) is 0 Å². The van der Waals surface area contributed by atoms with Gasteiger partial charge in [-0.3, -0.25) is 0 Å². The number of ether oxygens (including phenoxy) is 2. The molecular weight excluding hydrogens is 263 g/mol. The van der Waals surface area contributed by atoms with E-state index in [2.05, 4.69) is 4.99 Å². The van der Waals surface area contributed by atoms with Crippen LogP contribution >= 0.6 is 0 Å². The number of nitrogens with zero attached hydrogens (tertiary/aromatic N) is 1. The molecule has 2 unspecified atom stereocenters. The Kier molecular flexibility index (Phi) is 3.73. The average Bonchev–Trinajstić information content (AvgIpc) is 2.83. The summed E-state index contributed by atoms with van der Waals surface area (Å²) in [5.41, 5.74) is -0.283. The highest BCUT2D eigenvalue weighted by molar-refractivity contribution is 5.80. The fourth-order valence-corrected chi connectivity index (χ4v) is 1.73. The van der Waals surface area contributed by atoms with Crippen molar-refractivity contribution in [2.24, 2.45) is 4.99 Å². The fourth-order valence-electron chi connectivity index (χ4n) is 1.73. The number of esters is 1. The molecule has 2 rings (SSSR count). The van der Waals surface area contributed by atoms with Crippen LogP contribution in [0.3, 0.4) is 0 Å². The Labute approximate surface area is 106 Å². The van der Waals surface area contributed by atoms with Crippen LogP contribution in [0.15, 0.2) is 17.1 Å². The van der Waals surface area contributed by atoms with Gasteiger partial charge in [-0.1, -0.05) is 0 Å². The van der Waals surface area contributed by atoms with E-state index in [-0.39, 0.29) is 12.2 Å². The van der Waals surface area contributed by atoms with Crippen molar-refractivity contribution in [1.82, 2.24) is 0 Å². The van der Waals surface area contributed by atoms with Gasteiger partial charge in [0.25, 0.3) is 0 Å². The quantitative estimate of drug-likeness (QED) is 0.626. The van der Waals surface area contributed by atoms with Gasteiger partial charge in [0.1, 0.15) is 5.82 Å². The lowest BCUT2D eigenvalue weighted by Crippen LogP contribution is -2.27. The Morgan fingerprint density at radius 3 is 2.68 bits per heavy atom. The summed E-state index contributed by atoms with van der Waals surface area (Å²) >= 11 is 0. The molecule has 0 aliphatic carbocycles. The summed E-state index contributed by atoms with van der Waals surface area (Å²) < 4.78 is 49.3. The highest BCUT2D eigenvalue weighted by Gasteiger charge is 2.37. The van der Waals surface area contributed by atoms with Gasteiger partial charge in [-0.15, -0.1) is 0 Å². The van der Waals surface area contributed by atoms with Gasteiger partial charge < -0.3 is 9.47 Å². The molecule has 0 aromatic heterocycles. The molecule has 1 aliphatic rings. The first-order chi connectivity index (χ1) is 9.04. The number of carbonyl (C=O) groups excluding carboxylic acids is 1. The predicted molar refractivity (Wildman–Crippen MR) is 59.1 cm³/mol. The third-order valence-corrected chi connectivity index (χ3v) is 2.59. The molecule has 0 spiro atoms. The van der Waals surface area contributed by atoms with E-state index >= 15 is 0 Å². The zero-order valence-electron chi connectivity index (χ0n) is 9.90. The Balaban J connectivity index is 2.31. The molecule has 1 aromatic carbocycles. The molecule has 1 aromatic rings. The van der Waals surface area contributed by atoms with Crippen molar-refractivity contribution in [2.45, 2.75) is 19.1 Å². The van der Waals surface area contributed by atoms with Crippen molar-refractivity contribution in [3.63, 3.8) is 0 Å². The normalized spacial score (nSPS) is 21.3. The van der Waals surface area contributed by atoms with E-state index in [4.69, 9.17) is 9.47 Å². The summed E-state index contributed by atoms with van der Waals surface area (Å²) in [5.74, 6) is -4.27. The SMILES string of the molecule is CCOC(=O)C1N=COC1c1cc(F)c(F)cc1F. The number of benzene rings is 1. The Hall–Kier alpha value is -2.05. The number of rotatable bonds is 3. The number of hydrogen-bond acceptors (Lipinski definition) is 4. The lowest BCUT2D eigenvalue weighted by atomic mass is 10.0. The zero-order valence-corrected chi connectivity index (χ0v) is 9.90. The maximum Gasteiger partial charge on any atom is 0.335 e. The molecule has 0 bridgehead atoms. The van der Waals surface area contributed by atoms with Gasteiger partial charge in [0.2, 0.25) is 0 Å². The smallest absolute Gasteiger partial charge is 0.335 e. The molecule has 0 fully saturated rings. The highest BCUT2D eigenvalue weighted by Crippen LogP contribution is 2.30. The predicted octanol–water partition coefficient (Wildman–Crippen LogP) is 2.14. The number of hydrogen-bond donors (Lipinski definition) is 0. The second-order valence-electron chi connectivity index (χ2n) is 3.80. The maximum atomic E-state index is 13.6. The van der Waals surface area contributed by atoms with Crippen LogP contribution < -0.4 is 0 Å². The monoisotopic (exact) mass is 273 g/mol. The first-order valence-electron chi connectivity index (χ1n) is 5.52. The summed E-state index contributed by atoms with van der Waals surface area (Å²) in [6.45, 7) is 1.72. The number of carbonyl (C=O) groups is 1. The topological polar surface area (TPSA) is 47.9 Å². The van der Waals surface area contributed by atoms with Crippen molar-refractivity contribution >= 4 is 12.4 Å². The molecule has 4 nitrogen and oxygen atoms in total. The van der Waals surface area contributed by atoms with E-state index in [0.717, 1.165) is 6.40 Å². The molecular formula is C12H10F3NO3. The van der Waals surface area contributed by atoms with E-state index in [0.29, 0.717) is 12.1 Å². The maximum absolute atomic E-state index is 13.6. The molecule has 102 valence electrons. The van der Waals surface area contributed by atoms with Gasteiger partial charge >= 0.3 is 5.97 Å². The molecule has 0 saturated heterocycles. The van der Waals surface area contributed by atoms with E-state index in [1.807, 2.05) is 0 Å². The van der Waals surface area contributed by atoms with Crippen LogP contribution in [0.1, 0.15) is 18.6 Å². The fraction of sp³-hybridized carbons (Fsp3) is 0.333. The second-order valence-corrected chi connectivity index (χ2v) is 3.80. The summed E-state index contributed by atoms with van der Waals surface area (Å²) in [6.07, 6.45) is -0.193. The Morgan fingerprint density at radius 1 is 1.32 bits per heavy atom. The van der Waals surface area contributed by atoms with Crippen LogP contribution in [0.2, 0.25) is 0 Å². The average molecular weight is 273 g/mol. The lowest BCUT2D eigenvalue weighted by molar-refractivity contribution is -0.146. The van der Waals surface area contributed by atoms with Crippen molar-refractivity contribution < 1.29 is 27.4 Å². The Bertz CT molecular complexity index is 533. The molecule has 1 aliphatic heterocycles. The molecule has 19 heavy (non-hydrogen) atoms. The largest absolute Gasteiger partial charge is 0.473 e. The van der Waals surface area contributed by atoms with Crippen LogP contribution in [0.5, 0.6) is 0 Å². The minimum atomic E-state index is -1.31. The summed E-state index contributed by atoms with van der Waals surface area (Å²) in [7, 11) is 0. The van der Waals surface area contributed by atoms with Crippen LogP contribution in [-0.2, 0) is 14.3 Å². The summed E-state index contributed by atoms with van der Waals surface area (Å²) in [5, 5.41) is 0. The van der Waals surface area contributed by atoms with E-state index < -0.39 is 35.6 Å². The van der Waals surface area contributed by atoms with Gasteiger partial charge in [-0.25, -0.2) is 23.0 Å². The molecule has 7 heteroatoms. The van der Waals surface area contributed by atoms with Crippen molar-refractivity contribution in [3.8, 4) is 0 Å². The molecule has 1 heterocycles. The molecule has 0 radical (unpaired) electrons. The third-order valence-electron chi connectivity index (χ3n) is 2.59. The van der Waals surface area contributed by atoms with Gasteiger partial charge in [0.15, 0.2) is 30.2 Å². The summed E-state index contributed by atoms with van der Waals surface area (Å²) in [6, 6.07) is -0.0792. The van der Waals surface area contributed by atoms with Gasteiger partial charge in [0.05, 0.1) is 6.61 Å². The van der Waals surface area contributed by atoms with Crippen LogP contribution in [-0.4, -0.2) is 25.0 Å². The van der Waals surface area contributed by atoms with E-state index in [9.17, 15) is 18.0 Å². The molecule has 0 saturated carbocycles.